The molecule has 3 rings (SSSR count). The van der Waals surface area contributed by atoms with Crippen molar-refractivity contribution in [1.29, 1.82) is 0 Å². The van der Waals surface area contributed by atoms with Gasteiger partial charge in [0.15, 0.2) is 0 Å². The van der Waals surface area contributed by atoms with Crippen LogP contribution in [0.2, 0.25) is 0 Å². The maximum Gasteiger partial charge on any atom is 0.407 e. The maximum absolute atomic E-state index is 12.6. The number of carbonyl (C=O) groups excluding carboxylic acids is 4. The lowest BCUT2D eigenvalue weighted by Crippen LogP contribution is -2.51. The molecule has 0 saturated heterocycles. The first-order valence-corrected chi connectivity index (χ1v) is 16.7. The van der Waals surface area contributed by atoms with Gasteiger partial charge < -0.3 is 40.5 Å². The molecular formula is C32H58N6O6. The molecule has 0 aromatic rings. The van der Waals surface area contributed by atoms with E-state index < -0.39 is 12.2 Å². The topological polar surface area (TPSA) is 141 Å². The van der Waals surface area contributed by atoms with Crippen LogP contribution in [0.4, 0.5) is 19.2 Å². The average molecular weight is 623 g/mol. The Morgan fingerprint density at radius 3 is 1.64 bits per heavy atom. The summed E-state index contributed by atoms with van der Waals surface area (Å²) in [5.74, 6) is 0. The van der Waals surface area contributed by atoms with Crippen LogP contribution >= 0.6 is 0 Å². The highest BCUT2D eigenvalue weighted by molar-refractivity contribution is 5.74. The number of nitrogens with zero attached hydrogens (tertiary/aromatic N) is 2. The molecule has 2 atom stereocenters. The molecule has 252 valence electrons. The molecule has 4 N–H and O–H groups in total. The first-order chi connectivity index (χ1) is 20.8. The molecule has 0 spiro atoms. The highest BCUT2D eigenvalue weighted by Crippen LogP contribution is 2.45. The van der Waals surface area contributed by atoms with Gasteiger partial charge in [-0.2, -0.15) is 0 Å². The highest BCUT2D eigenvalue weighted by atomic mass is 16.6. The Kier molecular flexibility index (Phi) is 13.7. The van der Waals surface area contributed by atoms with E-state index in [-0.39, 0.29) is 54.2 Å². The van der Waals surface area contributed by atoms with Crippen LogP contribution in [0.5, 0.6) is 0 Å². The Morgan fingerprint density at radius 2 is 1.14 bits per heavy atom. The molecule has 0 bridgehead atoms. The zero-order valence-corrected chi connectivity index (χ0v) is 27.8. The van der Waals surface area contributed by atoms with E-state index in [1.54, 1.807) is 23.9 Å². The SMILES string of the molecule is CN(CCOC(=O)NCC1(C)CC(NC(=O)OCCN(C)C(=O)NC2CCCCC2)CC(C)(C)C1)C(=O)NC1CCCCC1. The zero-order chi connectivity index (χ0) is 32.2. The van der Waals surface area contributed by atoms with Crippen molar-refractivity contribution < 1.29 is 28.7 Å². The fourth-order valence-electron chi connectivity index (χ4n) is 7.23. The molecule has 3 aliphatic carbocycles. The van der Waals surface area contributed by atoms with Crippen molar-refractivity contribution >= 4 is 24.2 Å². The van der Waals surface area contributed by atoms with Crippen molar-refractivity contribution in [2.45, 2.75) is 122 Å². The molecule has 0 heterocycles. The second-order valence-electron chi connectivity index (χ2n) is 14.4. The van der Waals surface area contributed by atoms with E-state index in [1.807, 2.05) is 0 Å². The summed E-state index contributed by atoms with van der Waals surface area (Å²) >= 11 is 0. The molecule has 0 aliphatic heterocycles. The summed E-state index contributed by atoms with van der Waals surface area (Å²) in [4.78, 5) is 53.1. The molecule has 2 unspecified atom stereocenters. The maximum atomic E-state index is 12.6. The zero-order valence-electron chi connectivity index (χ0n) is 27.8. The Bertz CT molecular complexity index is 952. The largest absolute Gasteiger partial charge is 0.448 e. The van der Waals surface area contributed by atoms with Crippen LogP contribution in [0.15, 0.2) is 0 Å². The van der Waals surface area contributed by atoms with E-state index in [2.05, 4.69) is 42.0 Å². The Hall–Kier alpha value is -2.92. The van der Waals surface area contributed by atoms with Crippen molar-refractivity contribution in [3.8, 4) is 0 Å². The molecule has 3 aliphatic rings. The summed E-state index contributed by atoms with van der Waals surface area (Å²) in [6, 6.07) is 0.0757. The van der Waals surface area contributed by atoms with E-state index in [1.165, 1.54) is 12.8 Å². The van der Waals surface area contributed by atoms with Gasteiger partial charge in [-0.3, -0.25) is 0 Å². The number of nitrogens with one attached hydrogen (secondary N) is 4. The smallest absolute Gasteiger partial charge is 0.407 e. The minimum absolute atomic E-state index is 0.0532. The number of rotatable bonds is 11. The summed E-state index contributed by atoms with van der Waals surface area (Å²) in [5.41, 5.74) is -0.310. The summed E-state index contributed by atoms with van der Waals surface area (Å²) in [7, 11) is 3.41. The van der Waals surface area contributed by atoms with E-state index in [9.17, 15) is 19.2 Å². The third-order valence-electron chi connectivity index (χ3n) is 9.30. The van der Waals surface area contributed by atoms with Gasteiger partial charge in [0.2, 0.25) is 0 Å². The van der Waals surface area contributed by atoms with Crippen molar-refractivity contribution in [2.24, 2.45) is 10.8 Å². The van der Waals surface area contributed by atoms with Gasteiger partial charge in [-0.25, -0.2) is 19.2 Å². The number of likely N-dealkylation sites (N-methyl/N-ethyl adjacent to an activating group) is 2. The summed E-state index contributed by atoms with van der Waals surface area (Å²) < 4.78 is 10.8. The molecule has 44 heavy (non-hydrogen) atoms. The first-order valence-electron chi connectivity index (χ1n) is 16.7. The lowest BCUT2D eigenvalue weighted by molar-refractivity contribution is 0.0613. The fourth-order valence-corrected chi connectivity index (χ4v) is 7.23. The first kappa shape index (κ1) is 35.6. The second-order valence-corrected chi connectivity index (χ2v) is 14.4. The molecule has 3 saturated carbocycles. The summed E-state index contributed by atoms with van der Waals surface area (Å²) in [6.45, 7) is 7.68. The molecule has 12 heteroatoms. The van der Waals surface area contributed by atoms with E-state index in [0.717, 1.165) is 64.2 Å². The average Bonchev–Trinajstić information content (AvgIpc) is 2.96. The molecule has 0 aromatic heterocycles. The Labute approximate surface area is 264 Å². The normalized spacial score (nSPS) is 24.0. The van der Waals surface area contributed by atoms with Gasteiger partial charge in [-0.15, -0.1) is 0 Å². The van der Waals surface area contributed by atoms with Crippen LogP contribution in [0.1, 0.15) is 104 Å². The molecule has 0 aromatic carbocycles. The Morgan fingerprint density at radius 1 is 0.659 bits per heavy atom. The van der Waals surface area contributed by atoms with Crippen LogP contribution in [-0.2, 0) is 9.47 Å². The van der Waals surface area contributed by atoms with Crippen LogP contribution in [0, 0.1) is 10.8 Å². The predicted molar refractivity (Wildman–Crippen MR) is 169 cm³/mol. The highest BCUT2D eigenvalue weighted by Gasteiger charge is 2.42. The molecule has 3 fully saturated rings. The summed E-state index contributed by atoms with van der Waals surface area (Å²) in [6.07, 6.45) is 12.4. The molecule has 0 radical (unpaired) electrons. The quantitative estimate of drug-likeness (QED) is 0.256. The van der Waals surface area contributed by atoms with Crippen molar-refractivity contribution in [2.75, 3.05) is 46.9 Å². The third-order valence-corrected chi connectivity index (χ3v) is 9.30. The molecular weight excluding hydrogens is 564 g/mol. The van der Waals surface area contributed by atoms with Gasteiger partial charge in [0.25, 0.3) is 0 Å². The number of ether oxygens (including phenoxy) is 2. The van der Waals surface area contributed by atoms with Crippen LogP contribution in [-0.4, -0.2) is 99.1 Å². The number of hydrogen-bond acceptors (Lipinski definition) is 6. The number of alkyl carbamates (subject to hydrolysis) is 2. The van der Waals surface area contributed by atoms with Crippen molar-refractivity contribution in [1.82, 2.24) is 31.1 Å². The van der Waals surface area contributed by atoms with E-state index in [0.29, 0.717) is 26.1 Å². The Balaban J connectivity index is 1.34. The van der Waals surface area contributed by atoms with Crippen LogP contribution in [0.3, 0.4) is 0 Å². The summed E-state index contributed by atoms with van der Waals surface area (Å²) in [5, 5.41) is 12.0. The van der Waals surface area contributed by atoms with Gasteiger partial charge in [0.1, 0.15) is 13.2 Å². The minimum atomic E-state index is -0.517. The number of carbonyl (C=O) groups is 4. The van der Waals surface area contributed by atoms with E-state index >= 15 is 0 Å². The van der Waals surface area contributed by atoms with E-state index in [4.69, 9.17) is 9.47 Å². The molecule has 6 amide bonds. The van der Waals surface area contributed by atoms with Gasteiger partial charge >= 0.3 is 24.2 Å². The van der Waals surface area contributed by atoms with Crippen LogP contribution < -0.4 is 21.3 Å². The molecule has 12 nitrogen and oxygen atoms in total. The fraction of sp³-hybridized carbons (Fsp3) is 0.875. The monoisotopic (exact) mass is 622 g/mol. The van der Waals surface area contributed by atoms with Gasteiger partial charge in [-0.1, -0.05) is 59.3 Å². The lowest BCUT2D eigenvalue weighted by atomic mass is 9.62. The van der Waals surface area contributed by atoms with Gasteiger partial charge in [-0.05, 0) is 55.8 Å². The standard InChI is InChI=1S/C32H58N6O6/c1-31(2)20-26(36-30(42)44-19-17-38(5)28(40)35-25-14-10-7-11-15-25)21-32(3,22-31)23-33-29(41)43-18-16-37(4)27(39)34-24-12-8-6-9-13-24/h24-26H,6-23H2,1-5H3,(H,33,41)(H,34,39)(H,35,40)(H,36,42). The minimum Gasteiger partial charge on any atom is -0.448 e. The van der Waals surface area contributed by atoms with Crippen molar-refractivity contribution in [3.63, 3.8) is 0 Å². The second kappa shape index (κ2) is 17.0. The predicted octanol–water partition coefficient (Wildman–Crippen LogP) is 4.97. The van der Waals surface area contributed by atoms with Gasteiger partial charge in [0, 0.05) is 38.8 Å². The van der Waals surface area contributed by atoms with Crippen LogP contribution in [0.25, 0.3) is 0 Å². The van der Waals surface area contributed by atoms with Gasteiger partial charge in [0.05, 0.1) is 13.1 Å². The number of urea groups is 2. The van der Waals surface area contributed by atoms with Crippen molar-refractivity contribution in [3.05, 3.63) is 0 Å². The number of amides is 6. The lowest BCUT2D eigenvalue weighted by Gasteiger charge is -2.46. The number of hydrogen-bond donors (Lipinski definition) is 4. The third kappa shape index (κ3) is 12.6.